The maximum absolute atomic E-state index is 10.3. The van der Waals surface area contributed by atoms with Gasteiger partial charge in [0.1, 0.15) is 0 Å². The van der Waals surface area contributed by atoms with Crippen molar-refractivity contribution >= 4 is 23.2 Å². The molecule has 1 fully saturated rings. The highest BCUT2D eigenvalue weighted by molar-refractivity contribution is 6.35. The zero-order valence-corrected chi connectivity index (χ0v) is 12.2. The van der Waals surface area contributed by atoms with Crippen molar-refractivity contribution in [2.24, 2.45) is 11.8 Å². The topological polar surface area (TPSA) is 20.2 Å². The number of aliphatic hydroxyl groups is 1. The first kappa shape index (κ1) is 14.2. The molecule has 0 amide bonds. The second-order valence-electron chi connectivity index (χ2n) is 5.35. The van der Waals surface area contributed by atoms with E-state index >= 15 is 0 Å². The molecule has 3 heteroatoms. The summed E-state index contributed by atoms with van der Waals surface area (Å²) in [7, 11) is 0. The summed E-state index contributed by atoms with van der Waals surface area (Å²) in [5, 5.41) is 11.6. The van der Waals surface area contributed by atoms with E-state index in [0.717, 1.165) is 24.3 Å². The molecule has 1 aliphatic rings. The third-order valence-corrected chi connectivity index (χ3v) is 4.73. The van der Waals surface area contributed by atoms with Gasteiger partial charge in [-0.15, -0.1) is 0 Å². The Morgan fingerprint density at radius 3 is 2.72 bits per heavy atom. The number of aliphatic hydroxyl groups excluding tert-OH is 1. The van der Waals surface area contributed by atoms with Crippen LogP contribution in [-0.2, 0) is 6.42 Å². The average Bonchev–Trinajstić information content (AvgIpc) is 2.81. The number of halogens is 2. The Labute approximate surface area is 119 Å². The van der Waals surface area contributed by atoms with Crippen LogP contribution in [0.2, 0.25) is 10.0 Å². The Kier molecular flexibility index (Phi) is 4.94. The molecule has 0 aliphatic heterocycles. The van der Waals surface area contributed by atoms with E-state index in [4.69, 9.17) is 23.2 Å². The molecule has 3 unspecified atom stereocenters. The summed E-state index contributed by atoms with van der Waals surface area (Å²) in [6.45, 7) is 2.23. The van der Waals surface area contributed by atoms with Crippen LogP contribution in [0.5, 0.6) is 0 Å². The Morgan fingerprint density at radius 2 is 2.11 bits per heavy atom. The lowest BCUT2D eigenvalue weighted by atomic mass is 9.93. The van der Waals surface area contributed by atoms with Crippen LogP contribution >= 0.6 is 23.2 Å². The second kappa shape index (κ2) is 6.27. The Morgan fingerprint density at radius 1 is 1.33 bits per heavy atom. The summed E-state index contributed by atoms with van der Waals surface area (Å²) in [6.07, 6.45) is 5.14. The molecule has 18 heavy (non-hydrogen) atoms. The maximum Gasteiger partial charge on any atom is 0.0609 e. The quantitative estimate of drug-likeness (QED) is 0.849. The summed E-state index contributed by atoms with van der Waals surface area (Å²) in [4.78, 5) is 0. The summed E-state index contributed by atoms with van der Waals surface area (Å²) in [6, 6.07) is 5.49. The summed E-state index contributed by atoms with van der Waals surface area (Å²) < 4.78 is 0. The third kappa shape index (κ3) is 3.40. The minimum atomic E-state index is -0.278. The smallest absolute Gasteiger partial charge is 0.0609 e. The molecule has 1 saturated carbocycles. The van der Waals surface area contributed by atoms with Crippen molar-refractivity contribution in [2.75, 3.05) is 0 Å². The number of rotatable bonds is 4. The van der Waals surface area contributed by atoms with E-state index in [2.05, 4.69) is 6.92 Å². The van der Waals surface area contributed by atoms with Crippen molar-refractivity contribution in [1.29, 1.82) is 0 Å². The summed E-state index contributed by atoms with van der Waals surface area (Å²) in [5.41, 5.74) is 0.994. The van der Waals surface area contributed by atoms with E-state index in [-0.39, 0.29) is 6.10 Å². The Hall–Kier alpha value is -0.240. The molecule has 0 aromatic heterocycles. The van der Waals surface area contributed by atoms with Gasteiger partial charge in [-0.3, -0.25) is 0 Å². The second-order valence-corrected chi connectivity index (χ2v) is 6.20. The van der Waals surface area contributed by atoms with Gasteiger partial charge in [0, 0.05) is 16.5 Å². The van der Waals surface area contributed by atoms with Gasteiger partial charge < -0.3 is 5.11 Å². The van der Waals surface area contributed by atoms with Gasteiger partial charge in [-0.25, -0.2) is 0 Å². The molecular formula is C15H20Cl2O. The van der Waals surface area contributed by atoms with E-state index < -0.39 is 0 Å². The van der Waals surface area contributed by atoms with Crippen LogP contribution in [0.3, 0.4) is 0 Å². The van der Waals surface area contributed by atoms with E-state index in [1.165, 1.54) is 12.8 Å². The van der Waals surface area contributed by atoms with Crippen molar-refractivity contribution in [3.05, 3.63) is 33.8 Å². The van der Waals surface area contributed by atoms with Crippen LogP contribution in [0.4, 0.5) is 0 Å². The normalized spacial score (nSPS) is 25.3. The van der Waals surface area contributed by atoms with E-state index in [1.54, 1.807) is 6.07 Å². The average molecular weight is 287 g/mol. The molecule has 1 N–H and O–H groups in total. The zero-order valence-electron chi connectivity index (χ0n) is 10.7. The van der Waals surface area contributed by atoms with Crippen LogP contribution in [0.25, 0.3) is 0 Å². The molecular weight excluding hydrogens is 267 g/mol. The number of hydrogen-bond donors (Lipinski definition) is 1. The van der Waals surface area contributed by atoms with E-state index in [0.29, 0.717) is 22.4 Å². The zero-order chi connectivity index (χ0) is 13.1. The molecule has 1 aromatic carbocycles. The lowest BCUT2D eigenvalue weighted by Gasteiger charge is -2.19. The van der Waals surface area contributed by atoms with Crippen molar-refractivity contribution in [2.45, 2.75) is 45.1 Å². The Bertz CT molecular complexity index is 405. The molecule has 0 heterocycles. The molecule has 2 rings (SSSR count). The van der Waals surface area contributed by atoms with Crippen molar-refractivity contribution in [3.8, 4) is 0 Å². The Balaban J connectivity index is 1.97. The van der Waals surface area contributed by atoms with Crippen molar-refractivity contribution in [1.82, 2.24) is 0 Å². The van der Waals surface area contributed by atoms with Crippen LogP contribution in [-0.4, -0.2) is 11.2 Å². The van der Waals surface area contributed by atoms with Crippen LogP contribution in [0.15, 0.2) is 18.2 Å². The summed E-state index contributed by atoms with van der Waals surface area (Å²) in [5.74, 6) is 1.23. The maximum atomic E-state index is 10.3. The predicted molar refractivity (Wildman–Crippen MR) is 77.3 cm³/mol. The predicted octanol–water partition coefficient (Wildman–Crippen LogP) is 4.72. The number of hydrogen-bond acceptors (Lipinski definition) is 1. The highest BCUT2D eigenvalue weighted by Gasteiger charge is 2.29. The largest absolute Gasteiger partial charge is 0.392 e. The lowest BCUT2D eigenvalue weighted by molar-refractivity contribution is 0.108. The van der Waals surface area contributed by atoms with Crippen LogP contribution in [0.1, 0.15) is 38.2 Å². The van der Waals surface area contributed by atoms with Gasteiger partial charge in [0.05, 0.1) is 6.10 Å². The molecule has 3 atom stereocenters. The fraction of sp³-hybridized carbons (Fsp3) is 0.600. The van der Waals surface area contributed by atoms with Gasteiger partial charge in [0.15, 0.2) is 0 Å². The van der Waals surface area contributed by atoms with Gasteiger partial charge in [-0.1, -0.05) is 49.0 Å². The first-order valence-electron chi connectivity index (χ1n) is 6.72. The molecule has 0 saturated heterocycles. The van der Waals surface area contributed by atoms with Gasteiger partial charge in [0.2, 0.25) is 0 Å². The van der Waals surface area contributed by atoms with Crippen LogP contribution < -0.4 is 0 Å². The minimum Gasteiger partial charge on any atom is -0.392 e. The van der Waals surface area contributed by atoms with Gasteiger partial charge >= 0.3 is 0 Å². The van der Waals surface area contributed by atoms with Gasteiger partial charge in [0.25, 0.3) is 0 Å². The molecule has 100 valence electrons. The highest BCUT2D eigenvalue weighted by Crippen LogP contribution is 2.36. The SMILES string of the molecule is CCC1CCC(C(O)Cc2ccc(Cl)cc2Cl)C1. The summed E-state index contributed by atoms with van der Waals surface area (Å²) >= 11 is 12.0. The first-order valence-corrected chi connectivity index (χ1v) is 7.47. The fourth-order valence-corrected chi connectivity index (χ4v) is 3.40. The number of benzene rings is 1. The molecule has 1 aromatic rings. The molecule has 0 bridgehead atoms. The fourth-order valence-electron chi connectivity index (χ4n) is 2.91. The van der Waals surface area contributed by atoms with E-state index in [1.807, 2.05) is 12.1 Å². The van der Waals surface area contributed by atoms with Crippen LogP contribution in [0, 0.1) is 11.8 Å². The van der Waals surface area contributed by atoms with Gasteiger partial charge in [-0.2, -0.15) is 0 Å². The molecule has 0 radical (unpaired) electrons. The van der Waals surface area contributed by atoms with E-state index in [9.17, 15) is 5.11 Å². The lowest BCUT2D eigenvalue weighted by Crippen LogP contribution is -2.21. The minimum absolute atomic E-state index is 0.278. The molecule has 1 aliphatic carbocycles. The standard InChI is InChI=1S/C15H20Cl2O/c1-2-10-3-4-12(7-10)15(18)8-11-5-6-13(16)9-14(11)17/h5-6,9-10,12,15,18H,2-4,7-8H2,1H3. The first-order chi connectivity index (χ1) is 8.60. The molecule has 1 nitrogen and oxygen atoms in total. The highest BCUT2D eigenvalue weighted by atomic mass is 35.5. The van der Waals surface area contributed by atoms with Crippen molar-refractivity contribution < 1.29 is 5.11 Å². The van der Waals surface area contributed by atoms with Gasteiger partial charge in [-0.05, 0) is 42.4 Å². The van der Waals surface area contributed by atoms with Crippen molar-refractivity contribution in [3.63, 3.8) is 0 Å². The third-order valence-electron chi connectivity index (χ3n) is 4.15. The monoisotopic (exact) mass is 286 g/mol. The molecule has 0 spiro atoms.